The Balaban J connectivity index is 2.35. The maximum atomic E-state index is 13.1. The molecule has 1 fully saturated rings. The Bertz CT molecular complexity index is 464. The Hall–Kier alpha value is -1.62. The third-order valence-electron chi connectivity index (χ3n) is 3.40. The molecule has 0 spiro atoms. The minimum absolute atomic E-state index is 0.0170. The van der Waals surface area contributed by atoms with Crippen molar-refractivity contribution in [1.29, 1.82) is 0 Å². The van der Waals surface area contributed by atoms with Gasteiger partial charge in [-0.25, -0.2) is 9.18 Å². The molecule has 0 saturated carbocycles. The molecule has 1 aromatic carbocycles. The lowest BCUT2D eigenvalue weighted by atomic mass is 10.1. The van der Waals surface area contributed by atoms with Crippen LogP contribution in [0.2, 0.25) is 0 Å². The van der Waals surface area contributed by atoms with Gasteiger partial charge in [0.25, 0.3) is 0 Å². The van der Waals surface area contributed by atoms with Crippen LogP contribution < -0.4 is 4.90 Å². The van der Waals surface area contributed by atoms with Gasteiger partial charge in [-0.1, -0.05) is 0 Å². The number of anilines is 1. The molecular weight excluding hydrogens is 237 g/mol. The van der Waals surface area contributed by atoms with Crippen LogP contribution in [0, 0.1) is 5.82 Å². The van der Waals surface area contributed by atoms with Gasteiger partial charge in [0.15, 0.2) is 0 Å². The van der Waals surface area contributed by atoms with Gasteiger partial charge in [-0.05, 0) is 31.5 Å². The second kappa shape index (κ2) is 4.94. The van der Waals surface area contributed by atoms with Gasteiger partial charge in [0.05, 0.1) is 23.4 Å². The molecule has 1 aromatic rings. The molecule has 0 aromatic heterocycles. The number of rotatable bonds is 3. The quantitative estimate of drug-likeness (QED) is 0.896. The summed E-state index contributed by atoms with van der Waals surface area (Å²) in [6, 6.07) is 3.95. The fraction of sp³-hybridized carbons (Fsp3) is 0.462. The number of hydrogen-bond acceptors (Lipinski definition) is 3. The summed E-state index contributed by atoms with van der Waals surface area (Å²) < 4.78 is 18.6. The predicted molar refractivity (Wildman–Crippen MR) is 65.6 cm³/mol. The topological polar surface area (TPSA) is 49.8 Å². The van der Waals surface area contributed by atoms with Crippen LogP contribution in [0.3, 0.4) is 0 Å². The second-order valence-corrected chi connectivity index (χ2v) is 4.51. The van der Waals surface area contributed by atoms with E-state index >= 15 is 0 Å². The van der Waals surface area contributed by atoms with E-state index in [4.69, 9.17) is 9.84 Å². The Kier molecular flexibility index (Phi) is 3.52. The van der Waals surface area contributed by atoms with Crippen molar-refractivity contribution in [3.8, 4) is 0 Å². The number of likely N-dealkylation sites (N-methyl/N-ethyl adjacent to an activating group) is 1. The first-order valence-electron chi connectivity index (χ1n) is 5.88. The van der Waals surface area contributed by atoms with Gasteiger partial charge in [0, 0.05) is 13.7 Å². The maximum absolute atomic E-state index is 13.1. The van der Waals surface area contributed by atoms with Crippen molar-refractivity contribution in [1.82, 2.24) is 0 Å². The van der Waals surface area contributed by atoms with Crippen molar-refractivity contribution in [2.24, 2.45) is 0 Å². The van der Waals surface area contributed by atoms with Gasteiger partial charge in [-0.2, -0.15) is 0 Å². The largest absolute Gasteiger partial charge is 0.478 e. The standard InChI is InChI=1S/C13H16FNO3/c1-8-11(5-6-18-8)15(2)12-4-3-9(14)7-10(12)13(16)17/h3-4,7-8,11H,5-6H2,1-2H3,(H,16,17). The zero-order chi connectivity index (χ0) is 13.3. The zero-order valence-electron chi connectivity index (χ0n) is 10.4. The highest BCUT2D eigenvalue weighted by Gasteiger charge is 2.29. The number of carbonyl (C=O) groups is 1. The zero-order valence-corrected chi connectivity index (χ0v) is 10.4. The van der Waals surface area contributed by atoms with Crippen LogP contribution in [0.1, 0.15) is 23.7 Å². The molecule has 0 aliphatic carbocycles. The van der Waals surface area contributed by atoms with Crippen LogP contribution in [0.5, 0.6) is 0 Å². The van der Waals surface area contributed by atoms with Gasteiger partial charge in [-0.15, -0.1) is 0 Å². The van der Waals surface area contributed by atoms with Crippen LogP contribution in [0.4, 0.5) is 10.1 Å². The number of benzene rings is 1. The molecule has 2 rings (SSSR count). The minimum Gasteiger partial charge on any atom is -0.478 e. The fourth-order valence-corrected chi connectivity index (χ4v) is 2.39. The molecule has 4 nitrogen and oxygen atoms in total. The van der Waals surface area contributed by atoms with Crippen LogP contribution in [0.15, 0.2) is 18.2 Å². The van der Waals surface area contributed by atoms with Gasteiger partial charge in [0.2, 0.25) is 0 Å². The Labute approximate surface area is 105 Å². The SMILES string of the molecule is CC1OCCC1N(C)c1ccc(F)cc1C(=O)O. The summed E-state index contributed by atoms with van der Waals surface area (Å²) in [6.07, 6.45) is 0.885. The van der Waals surface area contributed by atoms with Crippen LogP contribution in [0.25, 0.3) is 0 Å². The lowest BCUT2D eigenvalue weighted by molar-refractivity contribution is 0.0696. The summed E-state index contributed by atoms with van der Waals surface area (Å²) in [4.78, 5) is 13.0. The summed E-state index contributed by atoms with van der Waals surface area (Å²) >= 11 is 0. The number of ether oxygens (including phenoxy) is 1. The van der Waals surface area contributed by atoms with E-state index in [-0.39, 0.29) is 17.7 Å². The summed E-state index contributed by atoms with van der Waals surface area (Å²) in [5.74, 6) is -1.66. The van der Waals surface area contributed by atoms with Crippen molar-refractivity contribution in [2.45, 2.75) is 25.5 Å². The highest BCUT2D eigenvalue weighted by molar-refractivity contribution is 5.94. The van der Waals surface area contributed by atoms with E-state index in [9.17, 15) is 9.18 Å². The average Bonchev–Trinajstić information content (AvgIpc) is 2.74. The first-order valence-corrected chi connectivity index (χ1v) is 5.88. The molecule has 1 heterocycles. The summed E-state index contributed by atoms with van der Waals surface area (Å²) in [7, 11) is 1.82. The van der Waals surface area contributed by atoms with Crippen molar-refractivity contribution < 1.29 is 19.0 Å². The normalized spacial score (nSPS) is 23.1. The third kappa shape index (κ3) is 2.31. The molecule has 0 radical (unpaired) electrons. The number of halogens is 1. The number of nitrogens with zero attached hydrogens (tertiary/aromatic N) is 1. The van der Waals surface area contributed by atoms with E-state index in [1.54, 1.807) is 0 Å². The van der Waals surface area contributed by atoms with Crippen LogP contribution in [-0.2, 0) is 4.74 Å². The lowest BCUT2D eigenvalue weighted by Crippen LogP contribution is -2.37. The first kappa shape index (κ1) is 12.8. The van der Waals surface area contributed by atoms with Crippen molar-refractivity contribution >= 4 is 11.7 Å². The number of carboxylic acids is 1. The highest BCUT2D eigenvalue weighted by Crippen LogP contribution is 2.27. The summed E-state index contributed by atoms with van der Waals surface area (Å²) in [5, 5.41) is 9.12. The van der Waals surface area contributed by atoms with Crippen LogP contribution >= 0.6 is 0 Å². The molecule has 0 amide bonds. The van der Waals surface area contributed by atoms with Gasteiger partial charge < -0.3 is 14.7 Å². The van der Waals surface area contributed by atoms with E-state index < -0.39 is 11.8 Å². The molecule has 18 heavy (non-hydrogen) atoms. The summed E-state index contributed by atoms with van der Waals surface area (Å²) in [6.45, 7) is 2.62. The molecule has 1 saturated heterocycles. The van der Waals surface area contributed by atoms with E-state index in [0.29, 0.717) is 12.3 Å². The summed E-state index contributed by atoms with van der Waals surface area (Å²) in [5.41, 5.74) is 0.503. The Morgan fingerprint density at radius 2 is 2.28 bits per heavy atom. The van der Waals surface area contributed by atoms with Gasteiger partial charge in [0.1, 0.15) is 5.82 Å². The van der Waals surface area contributed by atoms with Crippen molar-refractivity contribution in [2.75, 3.05) is 18.6 Å². The smallest absolute Gasteiger partial charge is 0.337 e. The predicted octanol–water partition coefficient (Wildman–Crippen LogP) is 2.14. The van der Waals surface area contributed by atoms with Crippen molar-refractivity contribution in [3.05, 3.63) is 29.6 Å². The van der Waals surface area contributed by atoms with Crippen LogP contribution in [-0.4, -0.2) is 36.9 Å². The maximum Gasteiger partial charge on any atom is 0.337 e. The van der Waals surface area contributed by atoms with E-state index in [1.165, 1.54) is 12.1 Å². The molecule has 1 aliphatic heterocycles. The third-order valence-corrected chi connectivity index (χ3v) is 3.40. The molecule has 2 atom stereocenters. The molecular formula is C13H16FNO3. The Morgan fingerprint density at radius 3 is 2.83 bits per heavy atom. The van der Waals surface area contributed by atoms with Gasteiger partial charge >= 0.3 is 5.97 Å². The first-order chi connectivity index (χ1) is 8.50. The average molecular weight is 253 g/mol. The lowest BCUT2D eigenvalue weighted by Gasteiger charge is -2.29. The highest BCUT2D eigenvalue weighted by atomic mass is 19.1. The second-order valence-electron chi connectivity index (χ2n) is 4.51. The number of aromatic carboxylic acids is 1. The Morgan fingerprint density at radius 1 is 1.56 bits per heavy atom. The van der Waals surface area contributed by atoms with Crippen molar-refractivity contribution in [3.63, 3.8) is 0 Å². The van der Waals surface area contributed by atoms with E-state index in [0.717, 1.165) is 12.5 Å². The number of hydrogen-bond donors (Lipinski definition) is 1. The number of carboxylic acid groups (broad SMARTS) is 1. The van der Waals surface area contributed by atoms with E-state index in [1.807, 2.05) is 18.9 Å². The molecule has 1 N–H and O–H groups in total. The fourth-order valence-electron chi connectivity index (χ4n) is 2.39. The van der Waals surface area contributed by atoms with Gasteiger partial charge in [-0.3, -0.25) is 0 Å². The molecule has 0 bridgehead atoms. The molecule has 2 unspecified atom stereocenters. The molecule has 1 aliphatic rings. The molecule has 5 heteroatoms. The van der Waals surface area contributed by atoms with E-state index in [2.05, 4.69) is 0 Å². The molecule has 98 valence electrons. The minimum atomic E-state index is -1.12. The monoisotopic (exact) mass is 253 g/mol.